The molecule has 0 unspecified atom stereocenters. The third-order valence-corrected chi connectivity index (χ3v) is 6.73. The summed E-state index contributed by atoms with van der Waals surface area (Å²) in [6.07, 6.45) is 3.78. The number of likely N-dealkylation sites (tertiary alicyclic amines) is 1. The van der Waals surface area contributed by atoms with Crippen molar-refractivity contribution in [1.82, 2.24) is 9.47 Å². The molecule has 5 nitrogen and oxygen atoms in total. The van der Waals surface area contributed by atoms with Crippen molar-refractivity contribution in [3.63, 3.8) is 0 Å². The van der Waals surface area contributed by atoms with Gasteiger partial charge >= 0.3 is 6.03 Å². The maximum atomic E-state index is 14.0. The quantitative estimate of drug-likeness (QED) is 0.614. The number of amides is 2. The summed E-state index contributed by atoms with van der Waals surface area (Å²) in [7, 11) is 0. The average molecular weight is 419 g/mol. The molecule has 0 bridgehead atoms. The molecule has 0 aliphatic carbocycles. The van der Waals surface area contributed by atoms with Crippen molar-refractivity contribution in [2.45, 2.75) is 32.2 Å². The number of aryl methyl sites for hydroxylation is 1. The molecule has 2 aliphatic heterocycles. The van der Waals surface area contributed by atoms with Gasteiger partial charge in [-0.05, 0) is 68.7 Å². The van der Waals surface area contributed by atoms with Gasteiger partial charge in [-0.3, -0.25) is 0 Å². The standard InChI is InChI=1S/C25H27FN4O/c1-3-30-22-17-18(2)10-11-21(22)29-14-6-9-23(29)25(30)12-15-28(16-13-25)24(31)27-20-8-5-4-7-19(20)26/h4-11,14,17H,3,12-13,15-16H2,1-2H3,(H,27,31). The maximum absolute atomic E-state index is 14.0. The zero-order valence-corrected chi connectivity index (χ0v) is 17.9. The van der Waals surface area contributed by atoms with Crippen molar-refractivity contribution in [2.24, 2.45) is 0 Å². The molecule has 31 heavy (non-hydrogen) atoms. The van der Waals surface area contributed by atoms with E-state index in [4.69, 9.17) is 0 Å². The van der Waals surface area contributed by atoms with Gasteiger partial charge in [0.15, 0.2) is 0 Å². The number of carbonyl (C=O) groups is 1. The van der Waals surface area contributed by atoms with Crippen LogP contribution < -0.4 is 10.2 Å². The second kappa shape index (κ2) is 7.45. The molecule has 1 spiro atoms. The topological polar surface area (TPSA) is 40.5 Å². The molecule has 1 aromatic heterocycles. The van der Waals surface area contributed by atoms with E-state index in [1.54, 1.807) is 23.1 Å². The Hall–Kier alpha value is -3.28. The van der Waals surface area contributed by atoms with Gasteiger partial charge in [0.2, 0.25) is 0 Å². The van der Waals surface area contributed by atoms with E-state index >= 15 is 0 Å². The highest BCUT2D eigenvalue weighted by atomic mass is 19.1. The van der Waals surface area contributed by atoms with Crippen LogP contribution in [0.2, 0.25) is 0 Å². The van der Waals surface area contributed by atoms with Crippen molar-refractivity contribution in [3.8, 4) is 5.69 Å². The molecule has 0 radical (unpaired) electrons. The third-order valence-electron chi connectivity index (χ3n) is 6.73. The number of anilines is 2. The monoisotopic (exact) mass is 418 g/mol. The molecule has 5 rings (SSSR count). The lowest BCUT2D eigenvalue weighted by Gasteiger charge is -2.53. The molecule has 1 N–H and O–H groups in total. The number of piperidine rings is 1. The van der Waals surface area contributed by atoms with Crippen molar-refractivity contribution in [3.05, 3.63) is 77.9 Å². The molecule has 1 fully saturated rings. The lowest BCUT2D eigenvalue weighted by atomic mass is 9.80. The Bertz CT molecular complexity index is 1130. The number of nitrogens with one attached hydrogen (secondary N) is 1. The summed E-state index contributed by atoms with van der Waals surface area (Å²) >= 11 is 0. The first kappa shape index (κ1) is 19.7. The summed E-state index contributed by atoms with van der Waals surface area (Å²) < 4.78 is 16.3. The number of para-hydroxylation sites is 1. The van der Waals surface area contributed by atoms with Crippen LogP contribution in [0.5, 0.6) is 0 Å². The lowest BCUT2D eigenvalue weighted by molar-refractivity contribution is 0.160. The van der Waals surface area contributed by atoms with Gasteiger partial charge in [-0.25, -0.2) is 9.18 Å². The summed E-state index contributed by atoms with van der Waals surface area (Å²) in [4.78, 5) is 17.1. The van der Waals surface area contributed by atoms with Crippen LogP contribution in [-0.4, -0.2) is 35.1 Å². The minimum atomic E-state index is -0.418. The van der Waals surface area contributed by atoms with Gasteiger partial charge in [-0.1, -0.05) is 18.2 Å². The van der Waals surface area contributed by atoms with Crippen LogP contribution in [0.1, 0.15) is 31.0 Å². The van der Waals surface area contributed by atoms with Crippen LogP contribution in [0, 0.1) is 12.7 Å². The first-order chi connectivity index (χ1) is 15.0. The highest BCUT2D eigenvalue weighted by Crippen LogP contribution is 2.48. The fraction of sp³-hybridized carbons (Fsp3) is 0.320. The minimum Gasteiger partial charge on any atom is -0.359 e. The number of aromatic nitrogens is 1. The van der Waals surface area contributed by atoms with Crippen LogP contribution in [0.4, 0.5) is 20.6 Å². The number of benzene rings is 2. The Kier molecular flexibility index (Phi) is 4.73. The molecule has 160 valence electrons. The molecular weight excluding hydrogens is 391 g/mol. The van der Waals surface area contributed by atoms with Crippen molar-refractivity contribution >= 4 is 17.4 Å². The van der Waals surface area contributed by atoms with Crippen molar-refractivity contribution in [1.29, 1.82) is 0 Å². The zero-order valence-electron chi connectivity index (χ0n) is 17.9. The fourth-order valence-corrected chi connectivity index (χ4v) is 5.23. The van der Waals surface area contributed by atoms with Gasteiger partial charge < -0.3 is 19.7 Å². The minimum absolute atomic E-state index is 0.159. The highest BCUT2D eigenvalue weighted by Gasteiger charge is 2.46. The number of hydrogen-bond acceptors (Lipinski definition) is 2. The van der Waals surface area contributed by atoms with E-state index in [-0.39, 0.29) is 17.3 Å². The zero-order chi connectivity index (χ0) is 21.6. The van der Waals surface area contributed by atoms with Crippen LogP contribution >= 0.6 is 0 Å². The molecule has 2 amide bonds. The first-order valence-electron chi connectivity index (χ1n) is 10.9. The highest BCUT2D eigenvalue weighted by molar-refractivity contribution is 5.89. The van der Waals surface area contributed by atoms with E-state index in [0.29, 0.717) is 13.1 Å². The summed E-state index contributed by atoms with van der Waals surface area (Å²) in [6.45, 7) is 6.45. The Morgan fingerprint density at radius 1 is 1.06 bits per heavy atom. The van der Waals surface area contributed by atoms with Gasteiger partial charge in [0.1, 0.15) is 5.82 Å². The van der Waals surface area contributed by atoms with E-state index in [1.165, 1.54) is 28.7 Å². The van der Waals surface area contributed by atoms with E-state index in [2.05, 4.69) is 65.2 Å². The summed E-state index contributed by atoms with van der Waals surface area (Å²) in [5, 5.41) is 2.73. The lowest BCUT2D eigenvalue weighted by Crippen LogP contribution is -2.57. The van der Waals surface area contributed by atoms with Gasteiger partial charge in [0, 0.05) is 31.5 Å². The Balaban J connectivity index is 1.43. The average Bonchev–Trinajstić information content (AvgIpc) is 3.27. The first-order valence-corrected chi connectivity index (χ1v) is 10.9. The largest absolute Gasteiger partial charge is 0.359 e. The smallest absolute Gasteiger partial charge is 0.321 e. The number of fused-ring (bicyclic) bond motifs is 4. The molecule has 3 heterocycles. The van der Waals surface area contributed by atoms with Gasteiger partial charge in [-0.15, -0.1) is 0 Å². The molecule has 2 aromatic carbocycles. The van der Waals surface area contributed by atoms with Crippen LogP contribution in [0.15, 0.2) is 60.8 Å². The van der Waals surface area contributed by atoms with E-state index in [0.717, 1.165) is 19.4 Å². The van der Waals surface area contributed by atoms with Crippen molar-refractivity contribution < 1.29 is 9.18 Å². The molecule has 6 heteroatoms. The van der Waals surface area contributed by atoms with E-state index in [1.807, 2.05) is 0 Å². The number of nitrogens with zero attached hydrogens (tertiary/aromatic N) is 3. The van der Waals surface area contributed by atoms with E-state index < -0.39 is 5.82 Å². The molecule has 2 aliphatic rings. The maximum Gasteiger partial charge on any atom is 0.321 e. The molecule has 3 aromatic rings. The number of rotatable bonds is 2. The van der Waals surface area contributed by atoms with Gasteiger partial charge in [-0.2, -0.15) is 0 Å². The van der Waals surface area contributed by atoms with Crippen LogP contribution in [0.25, 0.3) is 5.69 Å². The summed E-state index contributed by atoms with van der Waals surface area (Å²) in [6, 6.07) is 17.0. The van der Waals surface area contributed by atoms with Crippen molar-refractivity contribution in [2.75, 3.05) is 29.9 Å². The number of hydrogen-bond donors (Lipinski definition) is 1. The molecule has 1 saturated heterocycles. The van der Waals surface area contributed by atoms with Crippen LogP contribution in [0.3, 0.4) is 0 Å². The van der Waals surface area contributed by atoms with Gasteiger partial charge in [0.05, 0.1) is 22.6 Å². The van der Waals surface area contributed by atoms with E-state index in [9.17, 15) is 9.18 Å². The SMILES string of the molecule is CCN1c2cc(C)ccc2-n2cccc2C12CCN(C(=O)Nc1ccccc1F)CC2. The predicted octanol–water partition coefficient (Wildman–Crippen LogP) is 5.29. The van der Waals surface area contributed by atoms with Crippen LogP contribution in [-0.2, 0) is 5.54 Å². The number of halogens is 1. The Morgan fingerprint density at radius 3 is 2.58 bits per heavy atom. The molecule has 0 atom stereocenters. The fourth-order valence-electron chi connectivity index (χ4n) is 5.23. The normalized spacial score (nSPS) is 16.7. The molecule has 0 saturated carbocycles. The van der Waals surface area contributed by atoms with Gasteiger partial charge in [0.25, 0.3) is 0 Å². The second-order valence-electron chi connectivity index (χ2n) is 8.43. The summed E-state index contributed by atoms with van der Waals surface area (Å²) in [5.41, 5.74) is 5.03. The number of carbonyl (C=O) groups excluding carboxylic acids is 1. The number of urea groups is 1. The third kappa shape index (κ3) is 3.09. The molecular formula is C25H27FN4O. The Labute approximate surface area is 182 Å². The Morgan fingerprint density at radius 2 is 1.84 bits per heavy atom. The predicted molar refractivity (Wildman–Crippen MR) is 121 cm³/mol. The summed E-state index contributed by atoms with van der Waals surface area (Å²) in [5.74, 6) is -0.418. The second-order valence-corrected chi connectivity index (χ2v) is 8.43.